The second kappa shape index (κ2) is 9.17. The summed E-state index contributed by atoms with van der Waals surface area (Å²) in [5, 5.41) is 9.15. The number of hydrogen-bond acceptors (Lipinski definition) is 8. The molecule has 0 aliphatic rings. The summed E-state index contributed by atoms with van der Waals surface area (Å²) >= 11 is 0. The van der Waals surface area contributed by atoms with Gasteiger partial charge in [-0.3, -0.25) is 4.79 Å². The fourth-order valence-corrected chi connectivity index (χ4v) is 3.08. The van der Waals surface area contributed by atoms with Crippen LogP contribution in [0.1, 0.15) is 21.5 Å². The molecular weight excluding hydrogens is 404 g/mol. The van der Waals surface area contributed by atoms with Crippen molar-refractivity contribution < 1.29 is 4.79 Å². The van der Waals surface area contributed by atoms with Gasteiger partial charge in [0.2, 0.25) is 0 Å². The van der Waals surface area contributed by atoms with E-state index in [1.807, 2.05) is 38.1 Å². The van der Waals surface area contributed by atoms with Crippen molar-refractivity contribution in [3.63, 3.8) is 0 Å². The van der Waals surface area contributed by atoms with Crippen molar-refractivity contribution in [2.45, 2.75) is 13.8 Å². The van der Waals surface area contributed by atoms with E-state index >= 15 is 0 Å². The third-order valence-corrected chi connectivity index (χ3v) is 4.82. The lowest BCUT2D eigenvalue weighted by molar-refractivity contribution is 0.102. The Labute approximate surface area is 185 Å². The van der Waals surface area contributed by atoms with Gasteiger partial charge in [0.15, 0.2) is 0 Å². The maximum atomic E-state index is 12.8. The Morgan fingerprint density at radius 2 is 1.78 bits per heavy atom. The van der Waals surface area contributed by atoms with Crippen molar-refractivity contribution in [2.75, 3.05) is 23.0 Å². The van der Waals surface area contributed by atoms with Crippen LogP contribution in [0.3, 0.4) is 0 Å². The molecule has 0 saturated heterocycles. The second-order valence-electron chi connectivity index (χ2n) is 7.15. The van der Waals surface area contributed by atoms with Gasteiger partial charge >= 0.3 is 0 Å². The number of aromatic nitrogens is 5. The number of carbonyl (C=O) groups is 1. The number of pyridine rings is 1. The minimum Gasteiger partial charge on any atom is -0.373 e. The average Bonchev–Trinajstić information content (AvgIpc) is 2.81. The zero-order valence-electron chi connectivity index (χ0n) is 17.9. The number of benzene rings is 1. The van der Waals surface area contributed by atoms with Crippen molar-refractivity contribution >= 4 is 29.0 Å². The second-order valence-corrected chi connectivity index (χ2v) is 7.15. The van der Waals surface area contributed by atoms with E-state index in [4.69, 9.17) is 0 Å². The van der Waals surface area contributed by atoms with Gasteiger partial charge in [0.1, 0.15) is 30.1 Å². The number of nitrogens with zero attached hydrogens (tertiary/aromatic N) is 5. The first-order chi connectivity index (χ1) is 15.5. The molecule has 1 aromatic carbocycles. The van der Waals surface area contributed by atoms with Gasteiger partial charge in [0, 0.05) is 36.8 Å². The van der Waals surface area contributed by atoms with Crippen LogP contribution in [0, 0.1) is 13.8 Å². The molecule has 4 aromatic rings. The first-order valence-corrected chi connectivity index (χ1v) is 9.95. The molecular formula is C23H22N8O. The van der Waals surface area contributed by atoms with E-state index in [-0.39, 0.29) is 5.91 Å². The molecule has 0 bridgehead atoms. The molecule has 160 valence electrons. The smallest absolute Gasteiger partial charge is 0.256 e. The summed E-state index contributed by atoms with van der Waals surface area (Å²) in [7, 11) is 1.79. The first-order valence-electron chi connectivity index (χ1n) is 9.95. The Balaban J connectivity index is 1.62. The van der Waals surface area contributed by atoms with Crippen LogP contribution in [0.5, 0.6) is 0 Å². The summed E-state index contributed by atoms with van der Waals surface area (Å²) in [6, 6.07) is 10.9. The molecule has 9 nitrogen and oxygen atoms in total. The Kier molecular flexibility index (Phi) is 5.98. The predicted molar refractivity (Wildman–Crippen MR) is 124 cm³/mol. The molecule has 0 radical (unpaired) electrons. The van der Waals surface area contributed by atoms with Crippen LogP contribution in [-0.4, -0.2) is 37.9 Å². The minimum atomic E-state index is -0.247. The van der Waals surface area contributed by atoms with Crippen molar-refractivity contribution in [2.24, 2.45) is 0 Å². The maximum absolute atomic E-state index is 12.8. The van der Waals surface area contributed by atoms with Crippen LogP contribution in [0.4, 0.5) is 23.1 Å². The lowest BCUT2D eigenvalue weighted by Gasteiger charge is -2.14. The standard InChI is InChI=1S/C23H22N8O/c1-14-6-7-26-21(8-14)31-23(32)16-5-4-15(2)18(9-16)30-22-17(11-25-12-29-22)19-10-20(24-3)28-13-27-19/h4-13H,1-3H3,(H,24,27,28)(H,25,29,30)(H,26,31,32). The Bertz CT molecular complexity index is 1270. The zero-order valence-corrected chi connectivity index (χ0v) is 17.9. The topological polar surface area (TPSA) is 118 Å². The molecule has 0 unspecified atom stereocenters. The van der Waals surface area contributed by atoms with E-state index in [1.54, 1.807) is 31.6 Å². The molecule has 32 heavy (non-hydrogen) atoms. The number of nitrogens with one attached hydrogen (secondary N) is 3. The molecule has 9 heteroatoms. The molecule has 0 aliphatic carbocycles. The minimum absolute atomic E-state index is 0.247. The van der Waals surface area contributed by atoms with Crippen molar-refractivity contribution in [3.8, 4) is 11.3 Å². The third-order valence-electron chi connectivity index (χ3n) is 4.82. The van der Waals surface area contributed by atoms with Crippen molar-refractivity contribution in [1.82, 2.24) is 24.9 Å². The average molecular weight is 426 g/mol. The summed E-state index contributed by atoms with van der Waals surface area (Å²) in [4.78, 5) is 34.0. The van der Waals surface area contributed by atoms with Crippen molar-refractivity contribution in [3.05, 3.63) is 78.1 Å². The molecule has 0 saturated carbocycles. The highest BCUT2D eigenvalue weighted by atomic mass is 16.1. The number of aryl methyl sites for hydroxylation is 2. The van der Waals surface area contributed by atoms with Crippen LogP contribution in [0.15, 0.2) is 61.4 Å². The predicted octanol–water partition coefficient (Wildman–Crippen LogP) is 3.98. The monoisotopic (exact) mass is 426 g/mol. The number of rotatable bonds is 6. The highest BCUT2D eigenvalue weighted by Crippen LogP contribution is 2.29. The summed E-state index contributed by atoms with van der Waals surface area (Å²) in [5.74, 6) is 1.52. The Hall–Kier alpha value is -4.40. The quantitative estimate of drug-likeness (QED) is 0.424. The lowest BCUT2D eigenvalue weighted by atomic mass is 10.1. The van der Waals surface area contributed by atoms with E-state index in [1.165, 1.54) is 12.7 Å². The van der Waals surface area contributed by atoms with Crippen LogP contribution in [0.2, 0.25) is 0 Å². The van der Waals surface area contributed by atoms with Gasteiger partial charge in [0.05, 0.1) is 11.3 Å². The highest BCUT2D eigenvalue weighted by molar-refractivity contribution is 6.04. The normalized spacial score (nSPS) is 10.5. The summed E-state index contributed by atoms with van der Waals surface area (Å²) < 4.78 is 0. The molecule has 0 atom stereocenters. The fourth-order valence-electron chi connectivity index (χ4n) is 3.08. The third kappa shape index (κ3) is 4.67. The van der Waals surface area contributed by atoms with Crippen LogP contribution in [0.25, 0.3) is 11.3 Å². The van der Waals surface area contributed by atoms with Gasteiger partial charge < -0.3 is 16.0 Å². The number of carbonyl (C=O) groups excluding carboxylic acids is 1. The number of anilines is 4. The van der Waals surface area contributed by atoms with E-state index < -0.39 is 0 Å². The van der Waals surface area contributed by atoms with E-state index in [9.17, 15) is 4.79 Å². The van der Waals surface area contributed by atoms with Gasteiger partial charge in [-0.2, -0.15) is 0 Å². The Morgan fingerprint density at radius 1 is 0.906 bits per heavy atom. The van der Waals surface area contributed by atoms with E-state index in [0.717, 1.165) is 16.8 Å². The molecule has 4 rings (SSSR count). The van der Waals surface area contributed by atoms with E-state index in [2.05, 4.69) is 40.9 Å². The van der Waals surface area contributed by atoms with Crippen LogP contribution in [-0.2, 0) is 0 Å². The molecule has 3 aromatic heterocycles. The lowest BCUT2D eigenvalue weighted by Crippen LogP contribution is -2.13. The number of amides is 1. The van der Waals surface area contributed by atoms with Crippen molar-refractivity contribution in [1.29, 1.82) is 0 Å². The van der Waals surface area contributed by atoms with Gasteiger partial charge in [-0.05, 0) is 49.2 Å². The van der Waals surface area contributed by atoms with Crippen LogP contribution >= 0.6 is 0 Å². The zero-order chi connectivity index (χ0) is 22.5. The van der Waals surface area contributed by atoms with Gasteiger partial charge in [-0.25, -0.2) is 24.9 Å². The molecule has 3 heterocycles. The van der Waals surface area contributed by atoms with Crippen LogP contribution < -0.4 is 16.0 Å². The summed E-state index contributed by atoms with van der Waals surface area (Å²) in [6.45, 7) is 3.90. The van der Waals surface area contributed by atoms with Gasteiger partial charge in [-0.15, -0.1) is 0 Å². The molecule has 0 spiro atoms. The van der Waals surface area contributed by atoms with E-state index in [0.29, 0.717) is 34.3 Å². The molecule has 0 fully saturated rings. The first kappa shape index (κ1) is 20.9. The largest absolute Gasteiger partial charge is 0.373 e. The van der Waals surface area contributed by atoms with Gasteiger partial charge in [0.25, 0.3) is 5.91 Å². The summed E-state index contributed by atoms with van der Waals surface area (Å²) in [6.07, 6.45) is 6.29. The maximum Gasteiger partial charge on any atom is 0.256 e. The molecule has 1 amide bonds. The molecule has 3 N–H and O–H groups in total. The highest BCUT2D eigenvalue weighted by Gasteiger charge is 2.13. The number of hydrogen-bond donors (Lipinski definition) is 3. The summed E-state index contributed by atoms with van der Waals surface area (Å²) in [5.41, 5.74) is 4.60. The molecule has 0 aliphatic heterocycles. The Morgan fingerprint density at radius 3 is 2.59 bits per heavy atom. The van der Waals surface area contributed by atoms with Gasteiger partial charge in [-0.1, -0.05) is 6.07 Å². The fraction of sp³-hybridized carbons (Fsp3) is 0.130. The SMILES string of the molecule is CNc1cc(-c2cncnc2Nc2cc(C(=O)Nc3cc(C)ccn3)ccc2C)ncn1.